The van der Waals surface area contributed by atoms with E-state index in [0.717, 1.165) is 109 Å². The minimum absolute atomic E-state index is 0.139. The highest BCUT2D eigenvalue weighted by Crippen LogP contribution is 2.16. The number of carbonyl (C=O) groups is 3. The van der Waals surface area contributed by atoms with Gasteiger partial charge in [0.2, 0.25) is 0 Å². The fraction of sp³-hybridized carbons (Fsp3) is 0.679. The molecule has 0 aromatic carbocycles. The first kappa shape index (κ1) is 82.4. The van der Waals surface area contributed by atoms with E-state index in [1.807, 2.05) is 21.1 Å². The van der Waals surface area contributed by atoms with Crippen LogP contribution >= 0.6 is 0 Å². The standard InChI is InChI=1S/C78H131NO8/c1-6-8-10-12-14-16-18-20-22-24-26-28-30-32-34-35-36-37-38-39-40-41-43-45-47-49-51-53-55-57-59-61-63-65-67-69-76(81)87-74(73-86-78(77(82)83)84-71-70-79(3,4)5)72-85-75(80)68-66-64-62-60-58-56-54-52-50-48-46-44-42-33-31-29-27-25-23-21-19-17-15-13-11-9-7-2/h8,10,14,16,19-22,25-28,32,34,36-37,39-40,43,45,49,51,74,78H,6-7,9,11-13,15,17-18,23-24,29-31,33,35,38,41-42,44,46-48,50,52-73H2,1-5H3/b10-8-,16-14-,21-19-,22-20-,27-25-,28-26-,34-32-,37-36-,40-39-,45-43-,51-49-. The molecule has 0 radical (unpaired) electrons. The molecule has 0 N–H and O–H groups in total. The van der Waals surface area contributed by atoms with E-state index in [9.17, 15) is 19.5 Å². The average Bonchev–Trinajstić information content (AvgIpc) is 3.56. The summed E-state index contributed by atoms with van der Waals surface area (Å²) in [5, 5.41) is 11.8. The van der Waals surface area contributed by atoms with Gasteiger partial charge >= 0.3 is 11.9 Å². The predicted octanol–water partition coefficient (Wildman–Crippen LogP) is 20.8. The molecule has 2 atom stereocenters. The molecule has 0 aliphatic heterocycles. The molecule has 0 aliphatic carbocycles. The van der Waals surface area contributed by atoms with Gasteiger partial charge in [-0.2, -0.15) is 0 Å². The lowest BCUT2D eigenvalue weighted by molar-refractivity contribution is -0.870. The molecule has 0 saturated heterocycles. The van der Waals surface area contributed by atoms with Crippen molar-refractivity contribution in [3.8, 4) is 0 Å². The van der Waals surface area contributed by atoms with E-state index < -0.39 is 24.3 Å². The molecule has 0 spiro atoms. The van der Waals surface area contributed by atoms with Crippen LogP contribution in [0, 0.1) is 0 Å². The molecule has 2 unspecified atom stereocenters. The lowest BCUT2D eigenvalue weighted by Crippen LogP contribution is -2.44. The third-order valence-corrected chi connectivity index (χ3v) is 14.9. The summed E-state index contributed by atoms with van der Waals surface area (Å²) in [5.41, 5.74) is 0. The Morgan fingerprint density at radius 1 is 0.356 bits per heavy atom. The van der Waals surface area contributed by atoms with Gasteiger partial charge in [0.1, 0.15) is 13.2 Å². The zero-order valence-corrected chi connectivity index (χ0v) is 56.6. The van der Waals surface area contributed by atoms with E-state index in [1.165, 1.54) is 141 Å². The second-order valence-electron chi connectivity index (χ2n) is 24.4. The number of ether oxygens (including phenoxy) is 4. The number of carbonyl (C=O) groups excluding carboxylic acids is 3. The zero-order valence-electron chi connectivity index (χ0n) is 56.6. The number of nitrogens with zero attached hydrogens (tertiary/aromatic N) is 1. The molecule has 0 heterocycles. The molecule has 496 valence electrons. The summed E-state index contributed by atoms with van der Waals surface area (Å²) in [6.45, 7) is 4.62. The quantitative estimate of drug-likeness (QED) is 0.0195. The Bertz CT molecular complexity index is 1890. The maximum absolute atomic E-state index is 12.9. The van der Waals surface area contributed by atoms with Gasteiger partial charge in [-0.3, -0.25) is 9.59 Å². The van der Waals surface area contributed by atoms with Crippen molar-refractivity contribution in [1.29, 1.82) is 0 Å². The van der Waals surface area contributed by atoms with Crippen LogP contribution in [0.3, 0.4) is 0 Å². The number of hydrogen-bond acceptors (Lipinski definition) is 8. The smallest absolute Gasteiger partial charge is 0.306 e. The van der Waals surface area contributed by atoms with Crippen molar-refractivity contribution in [3.05, 3.63) is 134 Å². The fourth-order valence-corrected chi connectivity index (χ4v) is 9.50. The summed E-state index contributed by atoms with van der Waals surface area (Å²) in [6, 6.07) is 0. The van der Waals surface area contributed by atoms with Gasteiger partial charge in [0.05, 0.1) is 40.3 Å². The Morgan fingerprint density at radius 2 is 0.655 bits per heavy atom. The van der Waals surface area contributed by atoms with Crippen LogP contribution in [-0.2, 0) is 33.3 Å². The van der Waals surface area contributed by atoms with E-state index in [-0.39, 0.29) is 38.6 Å². The van der Waals surface area contributed by atoms with Crippen molar-refractivity contribution >= 4 is 17.9 Å². The Hall–Kier alpha value is -4.57. The summed E-state index contributed by atoms with van der Waals surface area (Å²) in [4.78, 5) is 37.5. The Kier molecular flexibility index (Phi) is 63.8. The molecule has 0 aliphatic rings. The number of rotatable bonds is 64. The Labute approximate surface area is 535 Å². The molecule has 0 aromatic heterocycles. The number of aliphatic carboxylic acids is 1. The molecule has 0 rings (SSSR count). The summed E-state index contributed by atoms with van der Waals surface area (Å²) in [7, 11) is 5.92. The van der Waals surface area contributed by atoms with Gasteiger partial charge in [-0.15, -0.1) is 0 Å². The van der Waals surface area contributed by atoms with Gasteiger partial charge < -0.3 is 33.3 Å². The number of carboxylic acid groups (broad SMARTS) is 1. The Morgan fingerprint density at radius 3 is 0.977 bits per heavy atom. The van der Waals surface area contributed by atoms with Gasteiger partial charge in [-0.05, 0) is 116 Å². The van der Waals surface area contributed by atoms with Gasteiger partial charge in [0, 0.05) is 12.8 Å². The molecular formula is C78H131NO8. The molecule has 0 fully saturated rings. The van der Waals surface area contributed by atoms with Crippen LogP contribution in [0.1, 0.15) is 284 Å². The van der Waals surface area contributed by atoms with Crippen molar-refractivity contribution in [3.63, 3.8) is 0 Å². The van der Waals surface area contributed by atoms with Crippen LogP contribution in [0.15, 0.2) is 134 Å². The van der Waals surface area contributed by atoms with Crippen molar-refractivity contribution in [2.45, 2.75) is 296 Å². The highest BCUT2D eigenvalue weighted by molar-refractivity contribution is 5.70. The van der Waals surface area contributed by atoms with Crippen LogP contribution in [0.4, 0.5) is 0 Å². The minimum Gasteiger partial charge on any atom is -0.545 e. The normalized spacial score (nSPS) is 13.5. The highest BCUT2D eigenvalue weighted by Gasteiger charge is 2.22. The molecule has 0 aromatic rings. The number of carboxylic acids is 1. The number of likely N-dealkylation sites (N-methyl/N-ethyl adjacent to an activating group) is 1. The van der Waals surface area contributed by atoms with E-state index >= 15 is 0 Å². The number of allylic oxidation sites excluding steroid dienone is 22. The molecule has 0 saturated carbocycles. The topological polar surface area (TPSA) is 111 Å². The van der Waals surface area contributed by atoms with E-state index in [4.69, 9.17) is 18.9 Å². The maximum atomic E-state index is 12.9. The van der Waals surface area contributed by atoms with Crippen LogP contribution in [-0.4, -0.2) is 82.3 Å². The van der Waals surface area contributed by atoms with Crippen LogP contribution in [0.2, 0.25) is 0 Å². The SMILES string of the molecule is CC/C=C\C/C=C\C/C=C\C/C=C\C/C=C\C/C=C\C/C=C\C/C=C\C/C=C\CCCCCCCCCC(=O)OC(COC(=O)CCCCCCCCCCCCCCCCC/C=C\C/C=C\CCCCCCC)COC(OCC[N+](C)(C)C)C(=O)[O-]. The Balaban J connectivity index is 4.19. The number of hydrogen-bond donors (Lipinski definition) is 0. The number of quaternary nitrogens is 1. The van der Waals surface area contributed by atoms with Gasteiger partial charge in [-0.1, -0.05) is 289 Å². The molecule has 9 nitrogen and oxygen atoms in total. The van der Waals surface area contributed by atoms with Gasteiger partial charge in [0.25, 0.3) is 0 Å². The van der Waals surface area contributed by atoms with E-state index in [2.05, 4.69) is 148 Å². The minimum atomic E-state index is -1.63. The molecule has 9 heteroatoms. The van der Waals surface area contributed by atoms with E-state index in [0.29, 0.717) is 17.4 Å². The van der Waals surface area contributed by atoms with Crippen molar-refractivity contribution in [2.75, 3.05) is 47.5 Å². The fourth-order valence-electron chi connectivity index (χ4n) is 9.50. The summed E-state index contributed by atoms with van der Waals surface area (Å²) < 4.78 is 22.8. The molecular weight excluding hydrogens is 1080 g/mol. The second-order valence-corrected chi connectivity index (χ2v) is 24.4. The third-order valence-electron chi connectivity index (χ3n) is 14.9. The summed E-state index contributed by atoms with van der Waals surface area (Å²) >= 11 is 0. The number of unbranched alkanes of at least 4 members (excludes halogenated alkanes) is 27. The predicted molar refractivity (Wildman–Crippen MR) is 370 cm³/mol. The maximum Gasteiger partial charge on any atom is 0.306 e. The molecule has 87 heavy (non-hydrogen) atoms. The zero-order chi connectivity index (χ0) is 63.3. The van der Waals surface area contributed by atoms with Crippen LogP contribution < -0.4 is 5.11 Å². The first-order chi connectivity index (χ1) is 42.6. The first-order valence-corrected chi connectivity index (χ1v) is 35.3. The van der Waals surface area contributed by atoms with E-state index in [1.54, 1.807) is 0 Å². The van der Waals surface area contributed by atoms with Crippen molar-refractivity contribution < 1.29 is 42.9 Å². The average molecular weight is 1210 g/mol. The summed E-state index contributed by atoms with van der Waals surface area (Å²) in [6.07, 6.45) is 93.8. The van der Waals surface area contributed by atoms with Gasteiger partial charge in [-0.25, -0.2) is 0 Å². The second kappa shape index (κ2) is 67.4. The monoisotopic (exact) mass is 1210 g/mol. The number of esters is 2. The summed E-state index contributed by atoms with van der Waals surface area (Å²) in [5.74, 6) is -2.30. The third kappa shape index (κ3) is 68.8. The molecule has 0 amide bonds. The molecule has 0 bridgehead atoms. The van der Waals surface area contributed by atoms with Crippen molar-refractivity contribution in [1.82, 2.24) is 0 Å². The highest BCUT2D eigenvalue weighted by atomic mass is 16.7. The van der Waals surface area contributed by atoms with Crippen molar-refractivity contribution in [2.24, 2.45) is 0 Å². The van der Waals surface area contributed by atoms with Gasteiger partial charge in [0.15, 0.2) is 12.4 Å². The lowest BCUT2D eigenvalue weighted by Gasteiger charge is -2.26. The lowest BCUT2D eigenvalue weighted by atomic mass is 10.0. The van der Waals surface area contributed by atoms with Crippen LogP contribution in [0.25, 0.3) is 0 Å². The largest absolute Gasteiger partial charge is 0.545 e. The first-order valence-electron chi connectivity index (χ1n) is 35.3. The van der Waals surface area contributed by atoms with Crippen LogP contribution in [0.5, 0.6) is 0 Å².